The highest BCUT2D eigenvalue weighted by molar-refractivity contribution is 5.85. The molecule has 70 valence electrons. The summed E-state index contributed by atoms with van der Waals surface area (Å²) in [5.74, 6) is 2.13. The molecule has 0 saturated heterocycles. The van der Waals surface area contributed by atoms with E-state index in [0.717, 1.165) is 0 Å². The van der Waals surface area contributed by atoms with Crippen LogP contribution in [0.25, 0.3) is 0 Å². The molecule has 0 spiro atoms. The van der Waals surface area contributed by atoms with E-state index >= 15 is 0 Å². The van der Waals surface area contributed by atoms with Gasteiger partial charge in [-0.1, -0.05) is 5.92 Å². The average Bonchev–Trinajstić information content (AvgIpc) is 1.97. The second-order valence-electron chi connectivity index (χ2n) is 1.66. The first-order valence-corrected chi connectivity index (χ1v) is 2.90. The van der Waals surface area contributed by atoms with Crippen LogP contribution in [0.5, 0.6) is 0 Å². The van der Waals surface area contributed by atoms with Gasteiger partial charge < -0.3 is 10.6 Å². The molecular weight excluding hydrogens is 190 g/mol. The summed E-state index contributed by atoms with van der Waals surface area (Å²) in [6, 6.07) is -0.678. The summed E-state index contributed by atoms with van der Waals surface area (Å²) in [5.41, 5.74) is 0. The molecule has 0 bridgehead atoms. The lowest BCUT2D eigenvalue weighted by atomic mass is 10.6. The smallest absolute Gasteiger partial charge is 0.315 e. The minimum absolute atomic E-state index is 0. The third kappa shape index (κ3) is 8.98. The monoisotopic (exact) mass is 198 g/mol. The lowest BCUT2D eigenvalue weighted by Gasteiger charge is -2.03. The van der Waals surface area contributed by atoms with Crippen molar-refractivity contribution in [3.8, 4) is 12.3 Å². The van der Waals surface area contributed by atoms with E-state index in [2.05, 4.69) is 11.2 Å². The van der Waals surface area contributed by atoms with Gasteiger partial charge in [0.2, 0.25) is 0 Å². The van der Waals surface area contributed by atoms with Crippen molar-refractivity contribution in [3.05, 3.63) is 0 Å². The van der Waals surface area contributed by atoms with Crippen LogP contribution >= 0.6 is 12.4 Å². The van der Waals surface area contributed by atoms with E-state index < -0.39 is 19.0 Å². The van der Waals surface area contributed by atoms with Crippen molar-refractivity contribution >= 4 is 18.4 Å². The van der Waals surface area contributed by atoms with Crippen molar-refractivity contribution in [1.82, 2.24) is 10.6 Å². The number of hydrogen-bond donors (Lipinski definition) is 2. The van der Waals surface area contributed by atoms with Gasteiger partial charge in [-0.15, -0.1) is 18.8 Å². The molecule has 6 heteroatoms. The van der Waals surface area contributed by atoms with Crippen molar-refractivity contribution in [2.45, 2.75) is 6.43 Å². The number of carbonyl (C=O) groups excluding carboxylic acids is 1. The molecule has 0 saturated carbocycles. The molecule has 0 aromatic heterocycles. The van der Waals surface area contributed by atoms with Gasteiger partial charge >= 0.3 is 6.03 Å². The van der Waals surface area contributed by atoms with Gasteiger partial charge in [-0.2, -0.15) is 0 Å². The lowest BCUT2D eigenvalue weighted by Crippen LogP contribution is -2.38. The maximum atomic E-state index is 11.4. The SMILES string of the molecule is C#CCNC(=O)NCC(F)F.Cl. The molecule has 2 amide bonds. The molecule has 0 fully saturated rings. The average molecular weight is 199 g/mol. The zero-order chi connectivity index (χ0) is 8.69. The number of terminal acetylenes is 1. The molecule has 3 nitrogen and oxygen atoms in total. The summed E-state index contributed by atoms with van der Waals surface area (Å²) in [4.78, 5) is 10.5. The number of rotatable bonds is 3. The molecule has 0 unspecified atom stereocenters. The van der Waals surface area contributed by atoms with E-state index in [0.29, 0.717) is 0 Å². The molecule has 0 atom stereocenters. The van der Waals surface area contributed by atoms with Crippen LogP contribution in [0.1, 0.15) is 0 Å². The molecule has 0 aliphatic carbocycles. The summed E-state index contributed by atoms with van der Waals surface area (Å²) in [6.45, 7) is -0.620. The van der Waals surface area contributed by atoms with Crippen LogP contribution in [0.15, 0.2) is 0 Å². The van der Waals surface area contributed by atoms with Crippen molar-refractivity contribution < 1.29 is 13.6 Å². The Balaban J connectivity index is 0. The van der Waals surface area contributed by atoms with Crippen LogP contribution in [0.4, 0.5) is 13.6 Å². The predicted octanol–water partition coefficient (Wildman–Crippen LogP) is 0.606. The Morgan fingerprint density at radius 2 is 2.08 bits per heavy atom. The van der Waals surface area contributed by atoms with E-state index in [1.54, 1.807) is 0 Å². The van der Waals surface area contributed by atoms with Gasteiger partial charge in [0.25, 0.3) is 6.43 Å². The van der Waals surface area contributed by atoms with Gasteiger partial charge in [0.1, 0.15) is 0 Å². The van der Waals surface area contributed by atoms with E-state index in [9.17, 15) is 13.6 Å². The van der Waals surface area contributed by atoms with E-state index in [1.807, 2.05) is 5.32 Å². The molecule has 2 N–H and O–H groups in total. The quantitative estimate of drug-likeness (QED) is 0.641. The summed E-state index contributed by atoms with van der Waals surface area (Å²) >= 11 is 0. The fraction of sp³-hybridized carbons (Fsp3) is 0.500. The Labute approximate surface area is 75.3 Å². The standard InChI is InChI=1S/C6H8F2N2O.ClH/c1-2-3-9-6(11)10-4-5(7)8;/h1,5H,3-4H2,(H2,9,10,11);1H. The molecule has 12 heavy (non-hydrogen) atoms. The molecular formula is C6H9ClF2N2O. The van der Waals surface area contributed by atoms with Crippen LogP contribution in [-0.4, -0.2) is 25.5 Å². The maximum absolute atomic E-state index is 11.4. The first kappa shape index (κ1) is 13.6. The second-order valence-corrected chi connectivity index (χ2v) is 1.66. The highest BCUT2D eigenvalue weighted by Crippen LogP contribution is 1.86. The Bertz CT molecular complexity index is 169. The minimum atomic E-state index is -2.54. The topological polar surface area (TPSA) is 41.1 Å². The Kier molecular flexibility index (Phi) is 9.13. The van der Waals surface area contributed by atoms with Gasteiger partial charge in [0, 0.05) is 0 Å². The number of amides is 2. The molecule has 0 heterocycles. The summed E-state index contributed by atoms with van der Waals surface area (Å²) < 4.78 is 22.9. The first-order chi connectivity index (χ1) is 5.16. The number of halogens is 3. The third-order valence-electron chi connectivity index (χ3n) is 0.768. The third-order valence-corrected chi connectivity index (χ3v) is 0.768. The van der Waals surface area contributed by atoms with Crippen LogP contribution in [0, 0.1) is 12.3 Å². The van der Waals surface area contributed by atoms with Gasteiger partial charge in [0.05, 0.1) is 13.1 Å². The largest absolute Gasteiger partial charge is 0.332 e. The highest BCUT2D eigenvalue weighted by Gasteiger charge is 2.03. The summed E-state index contributed by atoms with van der Waals surface area (Å²) in [7, 11) is 0. The zero-order valence-electron chi connectivity index (χ0n) is 6.14. The van der Waals surface area contributed by atoms with E-state index in [-0.39, 0.29) is 19.0 Å². The number of nitrogens with one attached hydrogen (secondary N) is 2. The van der Waals surface area contributed by atoms with Crippen molar-refractivity contribution in [3.63, 3.8) is 0 Å². The Morgan fingerprint density at radius 3 is 2.50 bits per heavy atom. The molecule has 0 rings (SSSR count). The van der Waals surface area contributed by atoms with Crippen LogP contribution in [0.2, 0.25) is 0 Å². The summed E-state index contributed by atoms with van der Waals surface area (Å²) in [5, 5.41) is 4.09. The first-order valence-electron chi connectivity index (χ1n) is 2.90. The maximum Gasteiger partial charge on any atom is 0.315 e. The molecule has 0 aliphatic heterocycles. The molecule has 0 aromatic rings. The zero-order valence-corrected chi connectivity index (χ0v) is 6.96. The van der Waals surface area contributed by atoms with E-state index in [1.165, 1.54) is 0 Å². The summed E-state index contributed by atoms with van der Waals surface area (Å²) in [6.07, 6.45) is 2.26. The van der Waals surface area contributed by atoms with Crippen LogP contribution < -0.4 is 10.6 Å². The van der Waals surface area contributed by atoms with E-state index in [4.69, 9.17) is 6.42 Å². The minimum Gasteiger partial charge on any atom is -0.332 e. The van der Waals surface area contributed by atoms with Crippen molar-refractivity contribution in [2.75, 3.05) is 13.1 Å². The number of carbonyl (C=O) groups is 1. The van der Waals surface area contributed by atoms with Gasteiger partial charge in [0.15, 0.2) is 0 Å². The van der Waals surface area contributed by atoms with Gasteiger partial charge in [-0.25, -0.2) is 13.6 Å². The highest BCUT2D eigenvalue weighted by atomic mass is 35.5. The normalized spacial score (nSPS) is 8.17. The fourth-order valence-corrected chi connectivity index (χ4v) is 0.364. The van der Waals surface area contributed by atoms with Crippen molar-refractivity contribution in [1.29, 1.82) is 0 Å². The number of alkyl halides is 2. The van der Waals surface area contributed by atoms with Gasteiger partial charge in [-0.05, 0) is 0 Å². The fourth-order valence-electron chi connectivity index (χ4n) is 0.364. The predicted molar refractivity (Wildman–Crippen MR) is 43.5 cm³/mol. The molecule has 0 radical (unpaired) electrons. The molecule has 0 aliphatic rings. The molecule has 0 aromatic carbocycles. The lowest BCUT2D eigenvalue weighted by molar-refractivity contribution is 0.146. The van der Waals surface area contributed by atoms with Crippen LogP contribution in [-0.2, 0) is 0 Å². The Morgan fingerprint density at radius 1 is 1.50 bits per heavy atom. The van der Waals surface area contributed by atoms with Crippen LogP contribution in [0.3, 0.4) is 0 Å². The second kappa shape index (κ2) is 8.08. The van der Waals surface area contributed by atoms with Crippen molar-refractivity contribution in [2.24, 2.45) is 0 Å². The number of hydrogen-bond acceptors (Lipinski definition) is 1. The Hall–Kier alpha value is -1.02. The van der Waals surface area contributed by atoms with Gasteiger partial charge in [-0.3, -0.25) is 0 Å². The number of urea groups is 1.